The van der Waals surface area contributed by atoms with E-state index in [4.69, 9.17) is 0 Å². The molecule has 0 saturated heterocycles. The Morgan fingerprint density at radius 3 is 1.83 bits per heavy atom. The Kier molecular flexibility index (Phi) is 2.40. The number of rotatable bonds is 1. The topological polar surface area (TPSA) is 17.1 Å². The van der Waals surface area contributed by atoms with Crippen LogP contribution >= 0.6 is 0 Å². The molecule has 0 aliphatic rings. The summed E-state index contributed by atoms with van der Waals surface area (Å²) in [4.78, 5) is 0. The molecule has 0 aliphatic heterocycles. The van der Waals surface area contributed by atoms with Crippen LogP contribution < -0.4 is 0 Å². The molecule has 37 valence electrons. The zero-order valence-corrected chi connectivity index (χ0v) is 4.92. The van der Waals surface area contributed by atoms with Crippen LogP contribution in [0.1, 0.15) is 13.8 Å². The Morgan fingerprint density at radius 1 is 1.67 bits per heavy atom. The van der Waals surface area contributed by atoms with Gasteiger partial charge in [0.1, 0.15) is 0 Å². The third-order valence-corrected chi connectivity index (χ3v) is 1.58. The van der Waals surface area contributed by atoms with Crippen molar-refractivity contribution in [1.82, 2.24) is 0 Å². The lowest BCUT2D eigenvalue weighted by Crippen LogP contribution is -1.98. The lowest BCUT2D eigenvalue weighted by atomic mass is 10.6. The highest BCUT2D eigenvalue weighted by Gasteiger charge is 1.92. The second-order valence-corrected chi connectivity index (χ2v) is 3.13. The van der Waals surface area contributed by atoms with E-state index in [9.17, 15) is 4.21 Å². The maximum atomic E-state index is 10.1. The monoisotopic (exact) mass is 105 g/mol. The Balaban J connectivity index is 3.26. The minimum Gasteiger partial charge on any atom is -0.259 e. The van der Waals surface area contributed by atoms with Gasteiger partial charge in [-0.2, -0.15) is 0 Å². The summed E-state index contributed by atoms with van der Waals surface area (Å²) in [5.74, 6) is 0. The fourth-order valence-electron chi connectivity index (χ4n) is 0. The molecule has 0 aromatic heterocycles. The standard InChI is InChI=1S/C4H9OS/c1-4(2)6(3)5/h4H,3H2,1-2H3. The fraction of sp³-hybridized carbons (Fsp3) is 0.750. The van der Waals surface area contributed by atoms with Crippen LogP contribution in [0.2, 0.25) is 0 Å². The third kappa shape index (κ3) is 2.39. The normalized spacial score (nSPS) is 15.3. The SMILES string of the molecule is [CH2]S(=O)C(C)C. The van der Waals surface area contributed by atoms with Crippen molar-refractivity contribution in [2.24, 2.45) is 0 Å². The molecule has 0 N–H and O–H groups in total. The van der Waals surface area contributed by atoms with Crippen molar-refractivity contribution in [3.63, 3.8) is 0 Å². The van der Waals surface area contributed by atoms with Crippen LogP contribution in [-0.2, 0) is 10.8 Å². The van der Waals surface area contributed by atoms with Crippen molar-refractivity contribution in [1.29, 1.82) is 0 Å². The average Bonchev–Trinajstić information content (AvgIpc) is 1.36. The van der Waals surface area contributed by atoms with Gasteiger partial charge in [0.2, 0.25) is 0 Å². The minimum absolute atomic E-state index is 0.213. The molecule has 2 heteroatoms. The van der Waals surface area contributed by atoms with Crippen molar-refractivity contribution < 1.29 is 4.21 Å². The number of hydrogen-bond acceptors (Lipinski definition) is 1. The fourth-order valence-corrected chi connectivity index (χ4v) is 0. The highest BCUT2D eigenvalue weighted by atomic mass is 32.2. The van der Waals surface area contributed by atoms with Crippen molar-refractivity contribution in [3.05, 3.63) is 6.26 Å². The Bertz CT molecular complexity index is 58.6. The number of hydrogen-bond donors (Lipinski definition) is 0. The van der Waals surface area contributed by atoms with Gasteiger partial charge in [-0.1, -0.05) is 13.8 Å². The molecule has 0 aromatic carbocycles. The van der Waals surface area contributed by atoms with Gasteiger partial charge in [0.25, 0.3) is 0 Å². The van der Waals surface area contributed by atoms with Gasteiger partial charge in [-0.05, 0) is 0 Å². The average molecular weight is 105 g/mol. The molecule has 1 radical (unpaired) electrons. The van der Waals surface area contributed by atoms with Crippen LogP contribution in [0.15, 0.2) is 0 Å². The van der Waals surface area contributed by atoms with Crippen LogP contribution in [0.3, 0.4) is 0 Å². The molecule has 0 aliphatic carbocycles. The van der Waals surface area contributed by atoms with E-state index < -0.39 is 10.8 Å². The molecule has 6 heavy (non-hydrogen) atoms. The molecule has 1 unspecified atom stereocenters. The van der Waals surface area contributed by atoms with Gasteiger partial charge in [0, 0.05) is 22.3 Å². The smallest absolute Gasteiger partial charge is 0.0353 e. The van der Waals surface area contributed by atoms with Crippen molar-refractivity contribution >= 4 is 10.8 Å². The summed E-state index contributed by atoms with van der Waals surface area (Å²) in [6.45, 7) is 3.76. The van der Waals surface area contributed by atoms with E-state index in [1.165, 1.54) is 0 Å². The summed E-state index contributed by atoms with van der Waals surface area (Å²) in [5, 5.41) is 0.213. The van der Waals surface area contributed by atoms with Gasteiger partial charge in [-0.15, -0.1) is 0 Å². The molecule has 0 spiro atoms. The van der Waals surface area contributed by atoms with E-state index in [0.717, 1.165) is 0 Å². The first-order valence-corrected chi connectivity index (χ1v) is 3.23. The predicted octanol–water partition coefficient (Wildman–Crippen LogP) is 0.935. The zero-order chi connectivity index (χ0) is 5.15. The second-order valence-electron chi connectivity index (χ2n) is 1.43. The van der Waals surface area contributed by atoms with E-state index in [-0.39, 0.29) is 5.25 Å². The van der Waals surface area contributed by atoms with Crippen molar-refractivity contribution in [2.45, 2.75) is 19.1 Å². The maximum absolute atomic E-state index is 10.1. The van der Waals surface area contributed by atoms with E-state index in [2.05, 4.69) is 6.26 Å². The molecule has 0 saturated carbocycles. The summed E-state index contributed by atoms with van der Waals surface area (Å²) in [6, 6.07) is 0. The van der Waals surface area contributed by atoms with Gasteiger partial charge < -0.3 is 0 Å². The molecular weight excluding hydrogens is 96.1 g/mol. The quantitative estimate of drug-likeness (QED) is 0.485. The summed E-state index contributed by atoms with van der Waals surface area (Å²) in [5.41, 5.74) is 0. The van der Waals surface area contributed by atoms with Crippen LogP contribution in [0, 0.1) is 6.26 Å². The Labute approximate surface area is 41.2 Å². The molecule has 0 bridgehead atoms. The second kappa shape index (κ2) is 2.35. The molecule has 1 nitrogen and oxygen atoms in total. The highest BCUT2D eigenvalue weighted by molar-refractivity contribution is 7.86. The first kappa shape index (κ1) is 6.15. The van der Waals surface area contributed by atoms with Crippen LogP contribution in [0.25, 0.3) is 0 Å². The van der Waals surface area contributed by atoms with Crippen LogP contribution in [0.4, 0.5) is 0 Å². The van der Waals surface area contributed by atoms with E-state index in [1.807, 2.05) is 13.8 Å². The molecule has 0 fully saturated rings. The Morgan fingerprint density at radius 2 is 1.83 bits per heavy atom. The van der Waals surface area contributed by atoms with E-state index >= 15 is 0 Å². The van der Waals surface area contributed by atoms with E-state index in [0.29, 0.717) is 0 Å². The van der Waals surface area contributed by atoms with Gasteiger partial charge in [0.15, 0.2) is 0 Å². The maximum Gasteiger partial charge on any atom is 0.0353 e. The summed E-state index contributed by atoms with van der Waals surface area (Å²) < 4.78 is 10.1. The van der Waals surface area contributed by atoms with Gasteiger partial charge in [-0.25, -0.2) is 0 Å². The molecule has 1 atom stereocenters. The molecule has 0 amide bonds. The van der Waals surface area contributed by atoms with E-state index in [1.54, 1.807) is 0 Å². The predicted molar refractivity (Wildman–Crippen MR) is 28.6 cm³/mol. The third-order valence-electron chi connectivity index (χ3n) is 0.526. The summed E-state index contributed by atoms with van der Waals surface area (Å²) >= 11 is 0. The highest BCUT2D eigenvalue weighted by Crippen LogP contribution is 1.87. The largest absolute Gasteiger partial charge is 0.259 e. The Hall–Kier alpha value is 0.150. The van der Waals surface area contributed by atoms with Gasteiger partial charge in [-0.3, -0.25) is 4.21 Å². The van der Waals surface area contributed by atoms with Crippen LogP contribution in [0.5, 0.6) is 0 Å². The first-order valence-electron chi connectivity index (χ1n) is 1.85. The molecule has 0 aromatic rings. The zero-order valence-electron chi connectivity index (χ0n) is 4.10. The summed E-state index contributed by atoms with van der Waals surface area (Å²) in [7, 11) is -0.867. The minimum atomic E-state index is -0.867. The van der Waals surface area contributed by atoms with Gasteiger partial charge in [0.05, 0.1) is 0 Å². The molecule has 0 heterocycles. The van der Waals surface area contributed by atoms with Crippen molar-refractivity contribution in [2.75, 3.05) is 0 Å². The molecular formula is C4H9OS. The van der Waals surface area contributed by atoms with Gasteiger partial charge >= 0.3 is 0 Å². The molecule has 0 rings (SSSR count). The van der Waals surface area contributed by atoms with Crippen LogP contribution in [-0.4, -0.2) is 9.46 Å². The first-order chi connectivity index (χ1) is 2.64. The lowest BCUT2D eigenvalue weighted by molar-refractivity contribution is 0.682. The van der Waals surface area contributed by atoms with Crippen molar-refractivity contribution in [3.8, 4) is 0 Å². The summed E-state index contributed by atoms with van der Waals surface area (Å²) in [6.07, 6.45) is 3.31. The lowest BCUT2D eigenvalue weighted by Gasteiger charge is -1.92.